The average molecular weight is 416 g/mol. The van der Waals surface area contributed by atoms with E-state index in [0.29, 0.717) is 43.7 Å². The maximum atomic E-state index is 13.4. The van der Waals surface area contributed by atoms with Crippen LogP contribution in [0.2, 0.25) is 0 Å². The summed E-state index contributed by atoms with van der Waals surface area (Å²) in [5.41, 5.74) is 0.476. The van der Waals surface area contributed by atoms with Gasteiger partial charge in [-0.05, 0) is 56.2 Å². The first-order valence-electron chi connectivity index (χ1n) is 11.0. The lowest BCUT2D eigenvalue weighted by Gasteiger charge is -2.38. The van der Waals surface area contributed by atoms with Gasteiger partial charge in [-0.3, -0.25) is 14.4 Å². The molecule has 2 fully saturated rings. The Morgan fingerprint density at radius 2 is 1.77 bits per heavy atom. The van der Waals surface area contributed by atoms with Crippen LogP contribution < -0.4 is 10.1 Å². The SMILES string of the molecule is CCC(=O)N1CCC([C@H](NC(=O)c2cccc(OC)c2)C(=O)N2CCCCC2)CC1. The molecule has 0 aromatic heterocycles. The maximum Gasteiger partial charge on any atom is 0.252 e. The van der Waals surface area contributed by atoms with Crippen molar-refractivity contribution >= 4 is 17.7 Å². The number of nitrogens with one attached hydrogen (secondary N) is 1. The van der Waals surface area contributed by atoms with Gasteiger partial charge in [0, 0.05) is 38.2 Å². The number of rotatable bonds is 6. The summed E-state index contributed by atoms with van der Waals surface area (Å²) in [5, 5.41) is 3.02. The number of hydrogen-bond donors (Lipinski definition) is 1. The van der Waals surface area contributed by atoms with Crippen LogP contribution in [0.3, 0.4) is 0 Å². The molecule has 0 saturated carbocycles. The molecule has 1 aromatic carbocycles. The second-order valence-corrected chi connectivity index (χ2v) is 8.14. The lowest BCUT2D eigenvalue weighted by molar-refractivity contribution is -0.136. The number of methoxy groups -OCH3 is 1. The minimum absolute atomic E-state index is 0.00575. The van der Waals surface area contributed by atoms with Gasteiger partial charge < -0.3 is 19.9 Å². The number of piperidine rings is 2. The third-order valence-electron chi connectivity index (χ3n) is 6.22. The van der Waals surface area contributed by atoms with Gasteiger partial charge in [0.25, 0.3) is 5.91 Å². The number of carbonyl (C=O) groups is 3. The third-order valence-corrected chi connectivity index (χ3v) is 6.22. The molecule has 0 spiro atoms. The van der Waals surface area contributed by atoms with Gasteiger partial charge in [0.15, 0.2) is 0 Å². The van der Waals surface area contributed by atoms with Crippen LogP contribution in [0, 0.1) is 5.92 Å². The summed E-state index contributed by atoms with van der Waals surface area (Å²) in [7, 11) is 1.56. The Balaban J connectivity index is 1.74. The van der Waals surface area contributed by atoms with Crippen LogP contribution in [0.4, 0.5) is 0 Å². The molecular weight excluding hydrogens is 382 g/mol. The Kier molecular flexibility index (Phi) is 7.71. The van der Waals surface area contributed by atoms with Gasteiger partial charge in [0.05, 0.1) is 7.11 Å². The van der Waals surface area contributed by atoms with Crippen molar-refractivity contribution in [2.45, 2.75) is 51.5 Å². The van der Waals surface area contributed by atoms with Crippen molar-refractivity contribution in [3.05, 3.63) is 29.8 Å². The van der Waals surface area contributed by atoms with Crippen LogP contribution >= 0.6 is 0 Å². The quantitative estimate of drug-likeness (QED) is 0.774. The van der Waals surface area contributed by atoms with E-state index in [1.54, 1.807) is 31.4 Å². The van der Waals surface area contributed by atoms with Crippen molar-refractivity contribution < 1.29 is 19.1 Å². The zero-order chi connectivity index (χ0) is 21.5. The molecule has 7 heteroatoms. The first-order chi connectivity index (χ1) is 14.5. The second-order valence-electron chi connectivity index (χ2n) is 8.14. The van der Waals surface area contributed by atoms with E-state index in [-0.39, 0.29) is 23.6 Å². The Morgan fingerprint density at radius 1 is 1.07 bits per heavy atom. The number of nitrogens with zero attached hydrogens (tertiary/aromatic N) is 2. The molecule has 30 heavy (non-hydrogen) atoms. The second kappa shape index (κ2) is 10.5. The molecule has 1 aromatic rings. The molecule has 0 bridgehead atoms. The van der Waals surface area contributed by atoms with E-state index in [4.69, 9.17) is 4.74 Å². The minimum atomic E-state index is -0.569. The van der Waals surface area contributed by atoms with Gasteiger partial charge in [0.2, 0.25) is 11.8 Å². The Hall–Kier alpha value is -2.57. The first kappa shape index (κ1) is 22.1. The smallest absolute Gasteiger partial charge is 0.252 e. The summed E-state index contributed by atoms with van der Waals surface area (Å²) in [6.07, 6.45) is 5.08. The fourth-order valence-electron chi connectivity index (χ4n) is 4.39. The maximum absolute atomic E-state index is 13.4. The Bertz CT molecular complexity index is 753. The molecule has 1 N–H and O–H groups in total. The summed E-state index contributed by atoms with van der Waals surface area (Å²) in [6.45, 7) is 4.63. The highest BCUT2D eigenvalue weighted by atomic mass is 16.5. The fourth-order valence-corrected chi connectivity index (χ4v) is 4.39. The van der Waals surface area contributed by atoms with Crippen LogP contribution in [0.1, 0.15) is 55.8 Å². The van der Waals surface area contributed by atoms with Crippen LogP contribution in [-0.4, -0.2) is 66.9 Å². The topological polar surface area (TPSA) is 79.0 Å². The van der Waals surface area contributed by atoms with Gasteiger partial charge in [-0.2, -0.15) is 0 Å². The van der Waals surface area contributed by atoms with Crippen molar-refractivity contribution in [3.8, 4) is 5.75 Å². The van der Waals surface area contributed by atoms with Crippen LogP contribution in [-0.2, 0) is 9.59 Å². The average Bonchev–Trinajstić information content (AvgIpc) is 2.82. The predicted molar refractivity (Wildman–Crippen MR) is 114 cm³/mol. The van der Waals surface area contributed by atoms with E-state index in [1.165, 1.54) is 0 Å². The number of amides is 3. The zero-order valence-corrected chi connectivity index (χ0v) is 18.1. The van der Waals surface area contributed by atoms with Crippen molar-refractivity contribution in [1.29, 1.82) is 0 Å². The van der Waals surface area contributed by atoms with Gasteiger partial charge >= 0.3 is 0 Å². The van der Waals surface area contributed by atoms with Crippen molar-refractivity contribution in [1.82, 2.24) is 15.1 Å². The van der Waals surface area contributed by atoms with Gasteiger partial charge in [-0.25, -0.2) is 0 Å². The summed E-state index contributed by atoms with van der Waals surface area (Å²) >= 11 is 0. The highest BCUT2D eigenvalue weighted by Crippen LogP contribution is 2.24. The Labute approximate surface area is 178 Å². The first-order valence-corrected chi connectivity index (χ1v) is 11.0. The molecule has 1 atom stereocenters. The van der Waals surface area contributed by atoms with E-state index in [1.807, 2.05) is 16.7 Å². The molecule has 3 rings (SSSR count). The fraction of sp³-hybridized carbons (Fsp3) is 0.609. The lowest BCUT2D eigenvalue weighted by atomic mass is 9.87. The predicted octanol–water partition coefficient (Wildman–Crippen LogP) is 2.45. The summed E-state index contributed by atoms with van der Waals surface area (Å²) in [4.78, 5) is 42.1. The van der Waals surface area contributed by atoms with E-state index in [9.17, 15) is 14.4 Å². The molecule has 0 aliphatic carbocycles. The zero-order valence-electron chi connectivity index (χ0n) is 18.1. The normalized spacial score (nSPS) is 18.6. The minimum Gasteiger partial charge on any atom is -0.497 e. The van der Waals surface area contributed by atoms with Crippen LogP contribution in [0.5, 0.6) is 5.75 Å². The molecule has 2 aliphatic rings. The number of benzene rings is 1. The number of hydrogen-bond acceptors (Lipinski definition) is 4. The molecule has 164 valence electrons. The van der Waals surface area contributed by atoms with Crippen molar-refractivity contribution in [3.63, 3.8) is 0 Å². The summed E-state index contributed by atoms with van der Waals surface area (Å²) in [6, 6.07) is 6.39. The third kappa shape index (κ3) is 5.32. The monoisotopic (exact) mass is 415 g/mol. The van der Waals surface area contributed by atoms with Crippen LogP contribution in [0.25, 0.3) is 0 Å². The highest BCUT2D eigenvalue weighted by Gasteiger charge is 2.36. The van der Waals surface area contributed by atoms with Crippen LogP contribution in [0.15, 0.2) is 24.3 Å². The molecule has 7 nitrogen and oxygen atoms in total. The van der Waals surface area contributed by atoms with Gasteiger partial charge in [-0.1, -0.05) is 13.0 Å². The number of carbonyl (C=O) groups excluding carboxylic acids is 3. The largest absolute Gasteiger partial charge is 0.497 e. The Morgan fingerprint density at radius 3 is 2.40 bits per heavy atom. The van der Waals surface area contributed by atoms with Crippen molar-refractivity contribution in [2.75, 3.05) is 33.3 Å². The summed E-state index contributed by atoms with van der Waals surface area (Å²) in [5.74, 6) is 0.512. The molecule has 0 unspecified atom stereocenters. The molecular formula is C23H33N3O4. The number of likely N-dealkylation sites (tertiary alicyclic amines) is 2. The lowest BCUT2D eigenvalue weighted by Crippen LogP contribution is -2.55. The molecule has 2 heterocycles. The number of ether oxygens (including phenoxy) is 1. The molecule has 3 amide bonds. The van der Waals surface area contributed by atoms with E-state index >= 15 is 0 Å². The van der Waals surface area contributed by atoms with Gasteiger partial charge in [0.1, 0.15) is 11.8 Å². The summed E-state index contributed by atoms with van der Waals surface area (Å²) < 4.78 is 5.22. The molecule has 2 saturated heterocycles. The van der Waals surface area contributed by atoms with E-state index in [0.717, 1.165) is 32.4 Å². The van der Waals surface area contributed by atoms with Gasteiger partial charge in [-0.15, -0.1) is 0 Å². The standard InChI is InChI=1S/C23H33N3O4/c1-3-20(27)25-14-10-17(11-15-25)21(23(29)26-12-5-4-6-13-26)24-22(28)18-8-7-9-19(16-18)30-2/h7-9,16-17,21H,3-6,10-15H2,1-2H3,(H,24,28)/t21-/m0/s1. The molecule has 0 radical (unpaired) electrons. The molecule has 2 aliphatic heterocycles. The highest BCUT2D eigenvalue weighted by molar-refractivity contribution is 5.98. The van der Waals surface area contributed by atoms with Crippen molar-refractivity contribution in [2.24, 2.45) is 5.92 Å². The van der Waals surface area contributed by atoms with E-state index < -0.39 is 6.04 Å². The van der Waals surface area contributed by atoms with E-state index in [2.05, 4.69) is 5.32 Å².